The smallest absolute Gasteiger partial charge is 0.305 e. The number of Topliss-reactive ketones (excluding diaryl/α,β-unsaturated/α-hetero) is 1. The summed E-state index contributed by atoms with van der Waals surface area (Å²) in [5.74, 6) is 0.186. The molecule has 1 aliphatic rings. The van der Waals surface area contributed by atoms with Gasteiger partial charge in [-0.25, -0.2) is 0 Å². The lowest BCUT2D eigenvalue weighted by Crippen LogP contribution is -2.24. The fraction of sp³-hybridized carbons (Fsp3) is 0.733. The second kappa shape index (κ2) is 6.33. The summed E-state index contributed by atoms with van der Waals surface area (Å²) in [4.78, 5) is 23.0. The maximum atomic E-state index is 11.8. The summed E-state index contributed by atoms with van der Waals surface area (Å²) in [6.45, 7) is 5.78. The van der Waals surface area contributed by atoms with E-state index in [-0.39, 0.29) is 17.7 Å². The molecule has 0 saturated heterocycles. The highest BCUT2D eigenvalue weighted by atomic mass is 16.5. The monoisotopic (exact) mass is 268 g/mol. The van der Waals surface area contributed by atoms with Gasteiger partial charge in [0.1, 0.15) is 0 Å². The minimum atomic E-state index is -1.02. The van der Waals surface area contributed by atoms with Crippen LogP contribution in [0, 0.1) is 11.8 Å². The van der Waals surface area contributed by atoms with E-state index in [0.29, 0.717) is 37.2 Å². The Morgan fingerprint density at radius 3 is 2.58 bits per heavy atom. The molecule has 1 rings (SSSR count). The lowest BCUT2D eigenvalue weighted by Gasteiger charge is -2.22. The lowest BCUT2D eigenvalue weighted by atomic mass is 9.86. The van der Waals surface area contributed by atoms with Crippen LogP contribution in [-0.2, 0) is 14.3 Å². The lowest BCUT2D eigenvalue weighted by molar-refractivity contribution is -0.140. The Kier molecular flexibility index (Phi) is 5.29. The summed E-state index contributed by atoms with van der Waals surface area (Å²) < 4.78 is 4.64. The van der Waals surface area contributed by atoms with Crippen molar-refractivity contribution in [3.8, 4) is 0 Å². The minimum absolute atomic E-state index is 0.0220. The number of hydrogen-bond donors (Lipinski definition) is 1. The Labute approximate surface area is 114 Å². The molecule has 1 N–H and O–H groups in total. The van der Waals surface area contributed by atoms with Gasteiger partial charge in [0.05, 0.1) is 12.7 Å². The molecule has 0 radical (unpaired) electrons. The van der Waals surface area contributed by atoms with E-state index in [1.807, 2.05) is 19.9 Å². The number of allylic oxidation sites excluding steroid dienone is 1. The molecule has 0 aromatic rings. The number of aliphatic hydroxyl groups is 1. The highest BCUT2D eigenvalue weighted by Crippen LogP contribution is 2.34. The molecular formula is C15H24O4. The third-order valence-corrected chi connectivity index (χ3v) is 3.87. The molecule has 1 aliphatic carbocycles. The number of esters is 1. The van der Waals surface area contributed by atoms with Gasteiger partial charge in [-0.2, -0.15) is 0 Å². The predicted octanol–water partition coefficient (Wildman–Crippen LogP) is 2.25. The average Bonchev–Trinajstić information content (AvgIpc) is 2.59. The number of rotatable bonds is 5. The fourth-order valence-corrected chi connectivity index (χ4v) is 2.41. The van der Waals surface area contributed by atoms with Gasteiger partial charge in [-0.15, -0.1) is 0 Å². The Bertz CT molecular complexity index is 380. The summed E-state index contributed by atoms with van der Waals surface area (Å²) in [6.07, 6.45) is 3.72. The first-order valence-electron chi connectivity index (χ1n) is 6.82. The molecule has 0 unspecified atom stereocenters. The summed E-state index contributed by atoms with van der Waals surface area (Å²) in [7, 11) is 1.37. The molecule has 108 valence electrons. The summed E-state index contributed by atoms with van der Waals surface area (Å²) in [6, 6.07) is 0. The molecule has 2 atom stereocenters. The molecule has 19 heavy (non-hydrogen) atoms. The number of carbonyl (C=O) groups is 2. The maximum absolute atomic E-state index is 11.8. The van der Waals surface area contributed by atoms with Crippen molar-refractivity contribution in [3.63, 3.8) is 0 Å². The first kappa shape index (κ1) is 15.9. The quantitative estimate of drug-likeness (QED) is 0.613. The van der Waals surface area contributed by atoms with Gasteiger partial charge in [0.15, 0.2) is 5.78 Å². The van der Waals surface area contributed by atoms with Crippen molar-refractivity contribution in [1.82, 2.24) is 0 Å². The van der Waals surface area contributed by atoms with Crippen molar-refractivity contribution in [2.75, 3.05) is 7.11 Å². The third-order valence-electron chi connectivity index (χ3n) is 3.87. The summed E-state index contributed by atoms with van der Waals surface area (Å²) in [5.41, 5.74) is -0.508. The van der Waals surface area contributed by atoms with Gasteiger partial charge in [-0.05, 0) is 31.6 Å². The van der Waals surface area contributed by atoms with E-state index in [1.165, 1.54) is 7.11 Å². The number of carbonyl (C=O) groups excluding carboxylic acids is 2. The van der Waals surface area contributed by atoms with Crippen LogP contribution in [0.5, 0.6) is 0 Å². The van der Waals surface area contributed by atoms with E-state index >= 15 is 0 Å². The number of hydrogen-bond acceptors (Lipinski definition) is 4. The number of ether oxygens (including phenoxy) is 1. The van der Waals surface area contributed by atoms with Gasteiger partial charge in [-0.3, -0.25) is 9.59 Å². The number of ketones is 1. The largest absolute Gasteiger partial charge is 0.469 e. The van der Waals surface area contributed by atoms with Crippen LogP contribution in [0.4, 0.5) is 0 Å². The van der Waals surface area contributed by atoms with Gasteiger partial charge in [0, 0.05) is 18.4 Å². The van der Waals surface area contributed by atoms with Crippen LogP contribution in [-0.4, -0.2) is 29.6 Å². The van der Waals surface area contributed by atoms with Crippen LogP contribution in [0.3, 0.4) is 0 Å². The van der Waals surface area contributed by atoms with Crippen LogP contribution in [0.1, 0.15) is 46.5 Å². The molecule has 4 heteroatoms. The van der Waals surface area contributed by atoms with Gasteiger partial charge in [0.2, 0.25) is 0 Å². The summed E-state index contributed by atoms with van der Waals surface area (Å²) >= 11 is 0. The zero-order valence-electron chi connectivity index (χ0n) is 12.2. The molecular weight excluding hydrogens is 244 g/mol. The molecule has 0 aromatic carbocycles. The SMILES string of the molecule is COC(=O)CC[C@@H](/C=C1\C(=O)CC[C@@]1(C)O)C(C)C. The van der Waals surface area contributed by atoms with Gasteiger partial charge >= 0.3 is 5.97 Å². The molecule has 1 saturated carbocycles. The van der Waals surface area contributed by atoms with Crippen molar-refractivity contribution >= 4 is 11.8 Å². The zero-order valence-corrected chi connectivity index (χ0v) is 12.2. The highest BCUT2D eigenvalue weighted by molar-refractivity contribution is 5.99. The molecule has 0 bridgehead atoms. The van der Waals surface area contributed by atoms with E-state index in [4.69, 9.17) is 0 Å². The standard InChI is InChI=1S/C15H24O4/c1-10(2)11(5-6-14(17)19-4)9-12-13(16)7-8-15(12,3)18/h9-11,18H,5-8H2,1-4H3/b12-9+/t11-,15+/m0/s1. The van der Waals surface area contributed by atoms with E-state index in [1.54, 1.807) is 6.92 Å². The molecule has 0 amide bonds. The van der Waals surface area contributed by atoms with Gasteiger partial charge < -0.3 is 9.84 Å². The van der Waals surface area contributed by atoms with Crippen LogP contribution in [0.25, 0.3) is 0 Å². The minimum Gasteiger partial charge on any atom is -0.469 e. The maximum Gasteiger partial charge on any atom is 0.305 e. The van der Waals surface area contributed by atoms with Crippen molar-refractivity contribution < 1.29 is 19.4 Å². The van der Waals surface area contributed by atoms with Crippen LogP contribution in [0.15, 0.2) is 11.6 Å². The van der Waals surface area contributed by atoms with E-state index in [0.717, 1.165) is 0 Å². The predicted molar refractivity (Wildman–Crippen MR) is 72.5 cm³/mol. The highest BCUT2D eigenvalue weighted by Gasteiger charge is 2.38. The van der Waals surface area contributed by atoms with E-state index in [2.05, 4.69) is 4.74 Å². The second-order valence-electron chi connectivity index (χ2n) is 5.80. The Morgan fingerprint density at radius 2 is 2.16 bits per heavy atom. The Hall–Kier alpha value is -1.16. The normalized spacial score (nSPS) is 27.1. The van der Waals surface area contributed by atoms with Gasteiger partial charge in [-0.1, -0.05) is 19.9 Å². The van der Waals surface area contributed by atoms with Crippen molar-refractivity contribution in [3.05, 3.63) is 11.6 Å². The Balaban J connectivity index is 2.82. The van der Waals surface area contributed by atoms with Crippen LogP contribution >= 0.6 is 0 Å². The second-order valence-corrected chi connectivity index (χ2v) is 5.80. The number of methoxy groups -OCH3 is 1. The molecule has 0 heterocycles. The zero-order chi connectivity index (χ0) is 14.6. The molecule has 0 aromatic heterocycles. The summed E-state index contributed by atoms with van der Waals surface area (Å²) in [5, 5.41) is 10.2. The van der Waals surface area contributed by atoms with Gasteiger partial charge in [0.25, 0.3) is 0 Å². The van der Waals surface area contributed by atoms with Crippen molar-refractivity contribution in [2.45, 2.75) is 52.1 Å². The Morgan fingerprint density at radius 1 is 1.53 bits per heavy atom. The third kappa shape index (κ3) is 4.16. The first-order chi connectivity index (χ1) is 8.77. The molecule has 1 fully saturated rings. The molecule has 0 spiro atoms. The van der Waals surface area contributed by atoms with Crippen LogP contribution < -0.4 is 0 Å². The van der Waals surface area contributed by atoms with Crippen molar-refractivity contribution in [2.24, 2.45) is 11.8 Å². The topological polar surface area (TPSA) is 63.6 Å². The van der Waals surface area contributed by atoms with Crippen LogP contribution in [0.2, 0.25) is 0 Å². The average molecular weight is 268 g/mol. The fourth-order valence-electron chi connectivity index (χ4n) is 2.41. The molecule has 0 aliphatic heterocycles. The first-order valence-corrected chi connectivity index (χ1v) is 6.82. The van der Waals surface area contributed by atoms with E-state index in [9.17, 15) is 14.7 Å². The molecule has 4 nitrogen and oxygen atoms in total. The van der Waals surface area contributed by atoms with Crippen molar-refractivity contribution in [1.29, 1.82) is 0 Å². The van der Waals surface area contributed by atoms with E-state index < -0.39 is 5.60 Å².